The van der Waals surface area contributed by atoms with Gasteiger partial charge in [-0.15, -0.1) is 0 Å². The van der Waals surface area contributed by atoms with E-state index in [0.29, 0.717) is 0 Å². The molecule has 0 rings (SSSR count). The fourth-order valence-corrected chi connectivity index (χ4v) is 0. The van der Waals surface area contributed by atoms with Crippen LogP contribution in [0.4, 0.5) is 0 Å². The van der Waals surface area contributed by atoms with Gasteiger partial charge >= 0.3 is 38.8 Å². The van der Waals surface area contributed by atoms with Crippen LogP contribution in [-0.2, 0) is 0 Å². The second-order valence-electron chi connectivity index (χ2n) is 3.00. The Balaban J connectivity index is 3.02. The van der Waals surface area contributed by atoms with Crippen LogP contribution in [0.5, 0.6) is 0 Å². The standard InChI is InChI=1S/4CH3.Bi.H/h4*1H3;;. The van der Waals surface area contributed by atoms with Crippen LogP contribution < -0.4 is 0 Å². The number of hydrogen-bond donors (Lipinski definition) is 0. The van der Waals surface area contributed by atoms with Crippen molar-refractivity contribution in [2.45, 2.75) is 18.5 Å². The maximum atomic E-state index is 2.41. The molecule has 0 saturated carbocycles. The van der Waals surface area contributed by atoms with Crippen molar-refractivity contribution in [3.63, 3.8) is 0 Å². The monoisotopic (exact) mass is 270 g/mol. The van der Waals surface area contributed by atoms with E-state index in [4.69, 9.17) is 0 Å². The van der Waals surface area contributed by atoms with Crippen LogP contribution in [0.2, 0.25) is 18.5 Å². The summed E-state index contributed by atoms with van der Waals surface area (Å²) in [5.74, 6) is 0. The Hall–Kier alpha value is 0.883. The zero-order chi connectivity index (χ0) is 4.50. The Morgan fingerprint density at radius 1 is 0.800 bits per heavy atom. The Bertz CT molecular complexity index is 19.1. The van der Waals surface area contributed by atoms with Gasteiger partial charge in [-0.05, 0) is 0 Å². The maximum absolute atomic E-state index is 2.41. The van der Waals surface area contributed by atoms with Crippen LogP contribution in [0.15, 0.2) is 0 Å². The summed E-state index contributed by atoms with van der Waals surface area (Å²) in [6.07, 6.45) is 0. The van der Waals surface area contributed by atoms with Crippen molar-refractivity contribution < 1.29 is 0 Å². The molecule has 0 fully saturated rings. The summed E-state index contributed by atoms with van der Waals surface area (Å²) in [6, 6.07) is 0. The summed E-state index contributed by atoms with van der Waals surface area (Å²) in [4.78, 5) is 0. The molecule has 0 saturated heterocycles. The molecule has 0 aliphatic rings. The van der Waals surface area contributed by atoms with Crippen molar-refractivity contribution in [1.82, 2.24) is 0 Å². The molecule has 0 N–H and O–H groups in total. The van der Waals surface area contributed by atoms with E-state index >= 15 is 0 Å². The first-order chi connectivity index (χ1) is 2.00. The molecule has 0 aliphatic heterocycles. The summed E-state index contributed by atoms with van der Waals surface area (Å²) >= 11 is -1.28. The molecule has 0 aromatic carbocycles. The first kappa shape index (κ1) is 5.88. The molecule has 0 aromatic heterocycles. The molecule has 0 heterocycles. The van der Waals surface area contributed by atoms with Crippen molar-refractivity contribution in [2.24, 2.45) is 0 Å². The molecule has 0 spiro atoms. The van der Waals surface area contributed by atoms with Crippen molar-refractivity contribution in [1.29, 1.82) is 0 Å². The van der Waals surface area contributed by atoms with E-state index in [9.17, 15) is 0 Å². The van der Waals surface area contributed by atoms with Crippen molar-refractivity contribution in [2.75, 3.05) is 0 Å². The van der Waals surface area contributed by atoms with E-state index in [0.717, 1.165) is 0 Å². The molecule has 1 heteroatoms. The van der Waals surface area contributed by atoms with Crippen LogP contribution in [0.1, 0.15) is 0 Å². The molecule has 0 unspecified atom stereocenters. The van der Waals surface area contributed by atoms with Crippen molar-refractivity contribution in [3.8, 4) is 0 Å². The van der Waals surface area contributed by atoms with Crippen LogP contribution >= 0.6 is 0 Å². The molecule has 0 atom stereocenters. The first-order valence-corrected chi connectivity index (χ1v) is 17.5. The summed E-state index contributed by atoms with van der Waals surface area (Å²) < 4.78 is 9.64. The average Bonchev–Trinajstić information content (AvgIpc) is 0.722. The molecular weight excluding hydrogens is 257 g/mol. The molecule has 0 nitrogen and oxygen atoms in total. The van der Waals surface area contributed by atoms with Crippen LogP contribution in [0.25, 0.3) is 0 Å². The molecule has 34 valence electrons. The zero-order valence-corrected chi connectivity index (χ0v) is 8.39. The summed E-state index contributed by atoms with van der Waals surface area (Å²) in [7, 11) is 0. The number of hydrogen-bond acceptors (Lipinski definition) is 0. The van der Waals surface area contributed by atoms with E-state index < -0.39 is 20.3 Å². The minimum absolute atomic E-state index is 1.28. The van der Waals surface area contributed by atoms with Gasteiger partial charge in [0.15, 0.2) is 0 Å². The molecule has 0 bridgehead atoms. The van der Waals surface area contributed by atoms with Gasteiger partial charge in [0, 0.05) is 0 Å². The van der Waals surface area contributed by atoms with Gasteiger partial charge in [-0.2, -0.15) is 0 Å². The molecular formula is C4H13Bi. The Kier molecular flexibility index (Phi) is 1.83. The predicted octanol–water partition coefficient (Wildman–Crippen LogP) is 1.69. The Labute approximate surface area is 39.0 Å². The van der Waals surface area contributed by atoms with E-state index in [-0.39, 0.29) is 0 Å². The molecule has 0 aromatic rings. The van der Waals surface area contributed by atoms with Gasteiger partial charge in [-0.1, -0.05) is 0 Å². The van der Waals surface area contributed by atoms with E-state index in [2.05, 4.69) is 18.5 Å². The third-order valence-corrected chi connectivity index (χ3v) is 0. The molecule has 0 amide bonds. The van der Waals surface area contributed by atoms with Gasteiger partial charge in [0.2, 0.25) is 0 Å². The normalized spacial score (nSPS) is 15.2. The van der Waals surface area contributed by atoms with Gasteiger partial charge in [0.1, 0.15) is 0 Å². The Morgan fingerprint density at radius 2 is 0.800 bits per heavy atom. The summed E-state index contributed by atoms with van der Waals surface area (Å²) in [6.45, 7) is 0. The topological polar surface area (TPSA) is 0 Å². The van der Waals surface area contributed by atoms with Gasteiger partial charge in [0.05, 0.1) is 0 Å². The minimum atomic E-state index is -1.28. The number of rotatable bonds is 0. The third-order valence-electron chi connectivity index (χ3n) is 0. The first-order valence-electron chi connectivity index (χ1n) is 2.00. The van der Waals surface area contributed by atoms with Crippen LogP contribution in [0, 0.1) is 0 Å². The molecule has 0 radical (unpaired) electrons. The van der Waals surface area contributed by atoms with Gasteiger partial charge < -0.3 is 0 Å². The quantitative estimate of drug-likeness (QED) is 0.588. The van der Waals surface area contributed by atoms with E-state index in [1.54, 1.807) is 0 Å². The van der Waals surface area contributed by atoms with Crippen molar-refractivity contribution >= 4 is 20.3 Å². The second-order valence-corrected chi connectivity index (χ2v) is 26.3. The fourth-order valence-electron chi connectivity index (χ4n) is 0. The van der Waals surface area contributed by atoms with Gasteiger partial charge in [-0.3, -0.25) is 0 Å². The van der Waals surface area contributed by atoms with Gasteiger partial charge in [0.25, 0.3) is 0 Å². The van der Waals surface area contributed by atoms with Crippen LogP contribution in [0.3, 0.4) is 0 Å². The second kappa shape index (κ2) is 1.55. The zero-order valence-electron chi connectivity index (χ0n) is 4.50. The van der Waals surface area contributed by atoms with E-state index in [1.807, 2.05) is 0 Å². The summed E-state index contributed by atoms with van der Waals surface area (Å²) in [5.41, 5.74) is 0. The fraction of sp³-hybridized carbons (Fsp3) is 1.00. The summed E-state index contributed by atoms with van der Waals surface area (Å²) in [5, 5.41) is 0. The predicted molar refractivity (Wildman–Crippen MR) is 30.6 cm³/mol. The SMILES string of the molecule is [CH3][BiH]([CH3])([CH3])[CH3]. The molecule has 0 aliphatic carbocycles. The Morgan fingerprint density at radius 3 is 0.800 bits per heavy atom. The molecule has 5 heavy (non-hydrogen) atoms. The average molecular weight is 270 g/mol. The van der Waals surface area contributed by atoms with E-state index in [1.165, 1.54) is 0 Å². The van der Waals surface area contributed by atoms with Crippen molar-refractivity contribution in [3.05, 3.63) is 0 Å². The van der Waals surface area contributed by atoms with Crippen LogP contribution in [-0.4, -0.2) is 20.3 Å². The van der Waals surface area contributed by atoms with Gasteiger partial charge in [-0.25, -0.2) is 0 Å². The third kappa shape index (κ3) is 52.0.